The van der Waals surface area contributed by atoms with Crippen LogP contribution in [0.2, 0.25) is 5.02 Å². The van der Waals surface area contributed by atoms with Crippen LogP contribution < -0.4 is 10.6 Å². The second kappa shape index (κ2) is 7.63. The summed E-state index contributed by atoms with van der Waals surface area (Å²) < 4.78 is 38.5. The number of carbonyl (C=O) groups is 1. The molecule has 0 spiro atoms. The molecule has 0 unspecified atom stereocenters. The third kappa shape index (κ3) is 4.73. The molecule has 0 fully saturated rings. The van der Waals surface area contributed by atoms with Crippen LogP contribution in [0.1, 0.15) is 15.9 Å². The predicted molar refractivity (Wildman–Crippen MR) is 96.2 cm³/mol. The first-order valence-corrected chi connectivity index (χ1v) is 8.02. The Morgan fingerprint density at radius 2 is 1.89 bits per heavy atom. The molecular formula is C18H12ClF3N4O. The molecule has 2 N–H and O–H groups in total. The van der Waals surface area contributed by atoms with Gasteiger partial charge in [-0.3, -0.25) is 9.78 Å². The smallest absolute Gasteiger partial charge is 0.339 e. The van der Waals surface area contributed by atoms with E-state index in [0.29, 0.717) is 11.3 Å². The number of hydrogen-bond donors (Lipinski definition) is 2. The molecule has 3 aromatic rings. The summed E-state index contributed by atoms with van der Waals surface area (Å²) in [6.07, 6.45) is -0.126. The van der Waals surface area contributed by atoms with Crippen molar-refractivity contribution >= 4 is 34.7 Å². The second-order valence-electron chi connectivity index (χ2n) is 5.45. The lowest BCUT2D eigenvalue weighted by Crippen LogP contribution is -2.12. The first-order valence-electron chi connectivity index (χ1n) is 7.64. The van der Waals surface area contributed by atoms with Crippen molar-refractivity contribution in [1.82, 2.24) is 9.97 Å². The van der Waals surface area contributed by atoms with Crippen molar-refractivity contribution in [3.8, 4) is 0 Å². The minimum Gasteiger partial charge on any atom is -0.339 e. The summed E-state index contributed by atoms with van der Waals surface area (Å²) in [6.45, 7) is 0. The minimum atomic E-state index is -4.48. The number of rotatable bonds is 4. The Balaban J connectivity index is 1.72. The largest absolute Gasteiger partial charge is 0.416 e. The van der Waals surface area contributed by atoms with E-state index in [-0.39, 0.29) is 22.4 Å². The molecule has 2 heterocycles. The molecule has 0 radical (unpaired) electrons. The Morgan fingerprint density at radius 3 is 2.52 bits per heavy atom. The first-order chi connectivity index (χ1) is 12.8. The summed E-state index contributed by atoms with van der Waals surface area (Å²) in [4.78, 5) is 20.0. The van der Waals surface area contributed by atoms with Crippen LogP contribution in [0, 0.1) is 0 Å². The molecule has 0 bridgehead atoms. The number of carbonyl (C=O) groups excluding carboxylic acids is 1. The number of nitrogens with zero attached hydrogens (tertiary/aromatic N) is 2. The summed E-state index contributed by atoms with van der Waals surface area (Å²) >= 11 is 5.94. The summed E-state index contributed by atoms with van der Waals surface area (Å²) in [7, 11) is 0. The van der Waals surface area contributed by atoms with Crippen molar-refractivity contribution in [3.05, 3.63) is 77.2 Å². The van der Waals surface area contributed by atoms with Gasteiger partial charge in [-0.05, 0) is 42.5 Å². The molecule has 5 nitrogen and oxygen atoms in total. The van der Waals surface area contributed by atoms with Crippen LogP contribution in [-0.2, 0) is 6.18 Å². The van der Waals surface area contributed by atoms with Gasteiger partial charge in [0.2, 0.25) is 0 Å². The summed E-state index contributed by atoms with van der Waals surface area (Å²) in [5, 5.41) is 5.50. The number of alkyl halides is 3. The molecule has 0 aliphatic rings. The van der Waals surface area contributed by atoms with E-state index in [1.165, 1.54) is 18.5 Å². The highest BCUT2D eigenvalue weighted by molar-refractivity contribution is 6.33. The third-order valence-electron chi connectivity index (χ3n) is 3.50. The molecule has 2 aromatic heterocycles. The van der Waals surface area contributed by atoms with Crippen molar-refractivity contribution in [2.45, 2.75) is 6.18 Å². The maximum atomic E-state index is 12.8. The molecular weight excluding hydrogens is 381 g/mol. The van der Waals surface area contributed by atoms with E-state index in [1.54, 1.807) is 24.4 Å². The van der Waals surface area contributed by atoms with Crippen LogP contribution in [0.5, 0.6) is 0 Å². The topological polar surface area (TPSA) is 66.9 Å². The molecule has 0 saturated carbocycles. The monoisotopic (exact) mass is 392 g/mol. The summed E-state index contributed by atoms with van der Waals surface area (Å²) in [5.74, 6) is -0.0814. The average molecular weight is 393 g/mol. The van der Waals surface area contributed by atoms with E-state index in [1.807, 2.05) is 0 Å². The van der Waals surface area contributed by atoms with Crippen molar-refractivity contribution in [3.63, 3.8) is 0 Å². The van der Waals surface area contributed by atoms with Gasteiger partial charge in [0.05, 0.1) is 33.7 Å². The molecule has 1 aromatic carbocycles. The quantitative estimate of drug-likeness (QED) is 0.644. The average Bonchev–Trinajstić information content (AvgIpc) is 2.65. The van der Waals surface area contributed by atoms with Gasteiger partial charge in [-0.15, -0.1) is 0 Å². The minimum absolute atomic E-state index is 0.0751. The Labute approximate surface area is 157 Å². The van der Waals surface area contributed by atoms with Crippen molar-refractivity contribution in [1.29, 1.82) is 0 Å². The maximum Gasteiger partial charge on any atom is 0.416 e. The number of aromatic nitrogens is 2. The highest BCUT2D eigenvalue weighted by Crippen LogP contribution is 2.34. The van der Waals surface area contributed by atoms with Crippen molar-refractivity contribution < 1.29 is 18.0 Å². The third-order valence-corrected chi connectivity index (χ3v) is 3.83. The second-order valence-corrected chi connectivity index (χ2v) is 5.85. The zero-order valence-corrected chi connectivity index (χ0v) is 14.3. The van der Waals surface area contributed by atoms with Gasteiger partial charge in [0.15, 0.2) is 0 Å². The van der Waals surface area contributed by atoms with Crippen LogP contribution in [0.15, 0.2) is 61.1 Å². The predicted octanol–water partition coefficient (Wildman–Crippen LogP) is 5.14. The lowest BCUT2D eigenvalue weighted by atomic mass is 10.2. The standard InChI is InChI=1S/C18H12ClF3N4O/c19-14-5-3-12(18(20,21)22)8-15(14)26-16-6-4-13(10-24-16)25-17(27)11-2-1-7-23-9-11/h1-10H,(H,24,26)(H,25,27). The number of halogens is 4. The zero-order chi connectivity index (χ0) is 19.4. The fourth-order valence-electron chi connectivity index (χ4n) is 2.18. The van der Waals surface area contributed by atoms with Crippen LogP contribution in [0.4, 0.5) is 30.4 Å². The van der Waals surface area contributed by atoms with Crippen LogP contribution >= 0.6 is 11.6 Å². The number of benzene rings is 1. The van der Waals surface area contributed by atoms with Crippen molar-refractivity contribution in [2.75, 3.05) is 10.6 Å². The number of pyridine rings is 2. The van der Waals surface area contributed by atoms with Crippen molar-refractivity contribution in [2.24, 2.45) is 0 Å². The molecule has 0 aliphatic heterocycles. The fraction of sp³-hybridized carbons (Fsp3) is 0.0556. The number of nitrogens with one attached hydrogen (secondary N) is 2. The van der Waals surface area contributed by atoms with E-state index in [0.717, 1.165) is 18.2 Å². The van der Waals surface area contributed by atoms with Gasteiger partial charge >= 0.3 is 6.18 Å². The van der Waals surface area contributed by atoms with Gasteiger partial charge < -0.3 is 10.6 Å². The summed E-state index contributed by atoms with van der Waals surface area (Å²) in [5.41, 5.74) is 0.0564. The molecule has 0 saturated heterocycles. The number of anilines is 3. The Morgan fingerprint density at radius 1 is 1.07 bits per heavy atom. The fourth-order valence-corrected chi connectivity index (χ4v) is 2.34. The Kier molecular flexibility index (Phi) is 5.27. The first kappa shape index (κ1) is 18.7. The number of amides is 1. The normalized spacial score (nSPS) is 11.1. The Bertz CT molecular complexity index is 947. The van der Waals surface area contributed by atoms with E-state index in [2.05, 4.69) is 20.6 Å². The van der Waals surface area contributed by atoms with Gasteiger partial charge in [0, 0.05) is 12.4 Å². The molecule has 3 rings (SSSR count). The maximum absolute atomic E-state index is 12.8. The van der Waals surface area contributed by atoms with E-state index in [4.69, 9.17) is 11.6 Å². The van der Waals surface area contributed by atoms with Gasteiger partial charge in [0.1, 0.15) is 5.82 Å². The van der Waals surface area contributed by atoms with Crippen LogP contribution in [0.3, 0.4) is 0 Å². The number of hydrogen-bond acceptors (Lipinski definition) is 4. The Hall–Kier alpha value is -3.13. The SMILES string of the molecule is O=C(Nc1ccc(Nc2cc(C(F)(F)F)ccc2Cl)nc1)c1cccnc1. The highest BCUT2D eigenvalue weighted by atomic mass is 35.5. The summed E-state index contributed by atoms with van der Waals surface area (Å²) in [6, 6.07) is 9.29. The molecule has 0 aliphatic carbocycles. The van der Waals surface area contributed by atoms with Gasteiger partial charge in [-0.2, -0.15) is 13.2 Å². The lowest BCUT2D eigenvalue weighted by molar-refractivity contribution is -0.137. The van der Waals surface area contributed by atoms with Crippen LogP contribution in [0.25, 0.3) is 0 Å². The molecule has 9 heteroatoms. The molecule has 27 heavy (non-hydrogen) atoms. The van der Waals surface area contributed by atoms with Gasteiger partial charge in [0.25, 0.3) is 5.91 Å². The molecule has 0 atom stereocenters. The van der Waals surface area contributed by atoms with Crippen LogP contribution in [-0.4, -0.2) is 15.9 Å². The van der Waals surface area contributed by atoms with E-state index in [9.17, 15) is 18.0 Å². The van der Waals surface area contributed by atoms with Gasteiger partial charge in [-0.1, -0.05) is 11.6 Å². The lowest BCUT2D eigenvalue weighted by Gasteiger charge is -2.12. The molecule has 138 valence electrons. The zero-order valence-electron chi connectivity index (χ0n) is 13.6. The van der Waals surface area contributed by atoms with E-state index >= 15 is 0 Å². The van der Waals surface area contributed by atoms with Gasteiger partial charge in [-0.25, -0.2) is 4.98 Å². The van der Waals surface area contributed by atoms with E-state index < -0.39 is 11.7 Å². The molecule has 1 amide bonds. The highest BCUT2D eigenvalue weighted by Gasteiger charge is 2.31.